The Hall–Kier alpha value is -3.00. The molecule has 0 aromatic heterocycles. The van der Waals surface area contributed by atoms with Crippen molar-refractivity contribution in [3.05, 3.63) is 48.0 Å². The monoisotopic (exact) mass is 369 g/mol. The van der Waals surface area contributed by atoms with E-state index < -0.39 is 5.25 Å². The Bertz CT molecular complexity index is 900. The first-order valence-corrected chi connectivity index (χ1v) is 8.86. The van der Waals surface area contributed by atoms with Crippen molar-refractivity contribution in [2.45, 2.75) is 16.6 Å². The predicted octanol–water partition coefficient (Wildman–Crippen LogP) is 2.37. The molecule has 1 unspecified atom stereocenters. The molecule has 2 amide bonds. The number of thioether (sulfide) groups is 1. The van der Waals surface area contributed by atoms with E-state index in [9.17, 15) is 9.59 Å². The lowest BCUT2D eigenvalue weighted by Gasteiger charge is -2.23. The Labute approximate surface area is 153 Å². The lowest BCUT2D eigenvalue weighted by Crippen LogP contribution is -2.33. The molecule has 2 N–H and O–H groups in total. The number of carbonyl (C=O) groups is 2. The van der Waals surface area contributed by atoms with E-state index in [1.807, 2.05) is 36.4 Å². The van der Waals surface area contributed by atoms with Crippen LogP contribution in [0.3, 0.4) is 0 Å². The number of rotatable bonds is 4. The molecule has 2 aliphatic rings. The number of hydrogen-bond donors (Lipinski definition) is 2. The van der Waals surface area contributed by atoms with Crippen LogP contribution in [0.25, 0.3) is 0 Å². The molecule has 132 valence electrons. The summed E-state index contributed by atoms with van der Waals surface area (Å²) >= 11 is 1.38. The molecular formula is C18H15N3O4S. The maximum Gasteiger partial charge on any atom is 0.241 e. The van der Waals surface area contributed by atoms with E-state index >= 15 is 0 Å². The van der Waals surface area contributed by atoms with Crippen molar-refractivity contribution >= 4 is 35.5 Å². The normalized spacial score (nSPS) is 17.7. The second-order valence-electron chi connectivity index (χ2n) is 5.67. The average Bonchev–Trinajstić information content (AvgIpc) is 3.12. The molecule has 4 rings (SSSR count). The van der Waals surface area contributed by atoms with Gasteiger partial charge in [0.25, 0.3) is 0 Å². The van der Waals surface area contributed by atoms with Crippen LogP contribution in [0.1, 0.15) is 12.0 Å². The minimum Gasteiger partial charge on any atom is -0.454 e. The summed E-state index contributed by atoms with van der Waals surface area (Å²) in [6.45, 7) is 0.169. The van der Waals surface area contributed by atoms with Gasteiger partial charge in [-0.25, -0.2) is 5.43 Å². The summed E-state index contributed by atoms with van der Waals surface area (Å²) in [5, 5.41) is 6.28. The Kier molecular flexibility index (Phi) is 4.49. The van der Waals surface area contributed by atoms with Gasteiger partial charge in [-0.2, -0.15) is 5.10 Å². The molecule has 2 aromatic carbocycles. The van der Waals surface area contributed by atoms with E-state index in [0.717, 1.165) is 10.6 Å². The fourth-order valence-corrected chi connectivity index (χ4v) is 3.78. The second kappa shape index (κ2) is 7.09. The third kappa shape index (κ3) is 3.36. The zero-order valence-electron chi connectivity index (χ0n) is 13.6. The lowest BCUT2D eigenvalue weighted by atomic mass is 10.2. The van der Waals surface area contributed by atoms with Crippen molar-refractivity contribution in [3.63, 3.8) is 0 Å². The Morgan fingerprint density at radius 3 is 3.08 bits per heavy atom. The zero-order chi connectivity index (χ0) is 17.9. The first kappa shape index (κ1) is 16.5. The maximum atomic E-state index is 12.1. The summed E-state index contributed by atoms with van der Waals surface area (Å²) in [7, 11) is 0. The molecule has 0 bridgehead atoms. The Morgan fingerprint density at radius 1 is 1.27 bits per heavy atom. The fourth-order valence-electron chi connectivity index (χ4n) is 2.67. The zero-order valence-corrected chi connectivity index (χ0v) is 14.4. The van der Waals surface area contributed by atoms with Crippen LogP contribution in [0.4, 0.5) is 5.69 Å². The van der Waals surface area contributed by atoms with Crippen LogP contribution in [-0.2, 0) is 9.59 Å². The first-order valence-electron chi connectivity index (χ1n) is 7.98. The molecule has 0 spiro atoms. The smallest absolute Gasteiger partial charge is 0.241 e. The SMILES string of the molecule is O=C(CC1Sc2ccccc2NC1=O)NN=Cc1cccc2c1OCO2. The van der Waals surface area contributed by atoms with E-state index in [1.54, 1.807) is 6.07 Å². The van der Waals surface area contributed by atoms with Gasteiger partial charge >= 0.3 is 0 Å². The standard InChI is InChI=1S/C18H15N3O4S/c22-16(8-15-18(23)20-12-5-1-2-7-14(12)26-15)21-19-9-11-4-3-6-13-17(11)25-10-24-13/h1-7,9,15H,8,10H2,(H,20,23)(H,21,22). The molecule has 0 fully saturated rings. The summed E-state index contributed by atoms with van der Waals surface area (Å²) < 4.78 is 10.7. The number of hydrazone groups is 1. The summed E-state index contributed by atoms with van der Waals surface area (Å²) in [5.41, 5.74) is 3.94. The number of benzene rings is 2. The highest BCUT2D eigenvalue weighted by atomic mass is 32.2. The molecule has 0 saturated heterocycles. The van der Waals surface area contributed by atoms with E-state index in [4.69, 9.17) is 9.47 Å². The average molecular weight is 369 g/mol. The van der Waals surface area contributed by atoms with Crippen LogP contribution in [0.2, 0.25) is 0 Å². The molecule has 2 aliphatic heterocycles. The highest BCUT2D eigenvalue weighted by molar-refractivity contribution is 8.01. The van der Waals surface area contributed by atoms with Gasteiger partial charge in [0.15, 0.2) is 11.5 Å². The minimum absolute atomic E-state index is 0.0364. The van der Waals surface area contributed by atoms with E-state index in [0.29, 0.717) is 17.1 Å². The molecule has 0 aliphatic carbocycles. The van der Waals surface area contributed by atoms with Crippen LogP contribution in [-0.4, -0.2) is 30.1 Å². The number of para-hydroxylation sites is 2. The number of nitrogens with zero attached hydrogens (tertiary/aromatic N) is 1. The van der Waals surface area contributed by atoms with Crippen LogP contribution in [0.15, 0.2) is 52.5 Å². The van der Waals surface area contributed by atoms with Crippen molar-refractivity contribution < 1.29 is 19.1 Å². The van der Waals surface area contributed by atoms with Crippen molar-refractivity contribution in [3.8, 4) is 11.5 Å². The number of anilines is 1. The second-order valence-corrected chi connectivity index (χ2v) is 6.91. The van der Waals surface area contributed by atoms with Gasteiger partial charge in [-0.3, -0.25) is 9.59 Å². The highest BCUT2D eigenvalue weighted by Crippen LogP contribution is 2.36. The van der Waals surface area contributed by atoms with Gasteiger partial charge in [0.2, 0.25) is 18.6 Å². The molecule has 26 heavy (non-hydrogen) atoms. The van der Waals surface area contributed by atoms with Gasteiger partial charge < -0.3 is 14.8 Å². The van der Waals surface area contributed by atoms with Crippen molar-refractivity contribution in [1.29, 1.82) is 0 Å². The Morgan fingerprint density at radius 2 is 2.15 bits per heavy atom. The number of nitrogens with one attached hydrogen (secondary N) is 2. The van der Waals surface area contributed by atoms with Crippen molar-refractivity contribution in [2.75, 3.05) is 12.1 Å². The quantitative estimate of drug-likeness (QED) is 0.638. The number of amides is 2. The summed E-state index contributed by atoms with van der Waals surface area (Å²) in [6, 6.07) is 12.9. The topological polar surface area (TPSA) is 89.0 Å². The number of fused-ring (bicyclic) bond motifs is 2. The molecule has 0 saturated carbocycles. The fraction of sp³-hybridized carbons (Fsp3) is 0.167. The Balaban J connectivity index is 1.36. The lowest BCUT2D eigenvalue weighted by molar-refractivity contribution is -0.124. The number of hydrogen-bond acceptors (Lipinski definition) is 6. The predicted molar refractivity (Wildman–Crippen MR) is 97.6 cm³/mol. The molecule has 2 heterocycles. The molecule has 8 heteroatoms. The summed E-state index contributed by atoms with van der Waals surface area (Å²) in [5.74, 6) is 0.732. The maximum absolute atomic E-state index is 12.1. The van der Waals surface area contributed by atoms with Crippen LogP contribution >= 0.6 is 11.8 Å². The highest BCUT2D eigenvalue weighted by Gasteiger charge is 2.28. The van der Waals surface area contributed by atoms with E-state index in [-0.39, 0.29) is 25.0 Å². The van der Waals surface area contributed by atoms with E-state index in [1.165, 1.54) is 18.0 Å². The van der Waals surface area contributed by atoms with Crippen LogP contribution < -0.4 is 20.2 Å². The van der Waals surface area contributed by atoms with Crippen LogP contribution in [0, 0.1) is 0 Å². The number of carbonyl (C=O) groups excluding carboxylic acids is 2. The van der Waals surface area contributed by atoms with Crippen LogP contribution in [0.5, 0.6) is 11.5 Å². The van der Waals surface area contributed by atoms with Gasteiger partial charge in [0, 0.05) is 16.9 Å². The largest absolute Gasteiger partial charge is 0.454 e. The van der Waals surface area contributed by atoms with E-state index in [2.05, 4.69) is 15.8 Å². The molecule has 2 aromatic rings. The van der Waals surface area contributed by atoms with Gasteiger partial charge in [-0.1, -0.05) is 18.2 Å². The summed E-state index contributed by atoms with van der Waals surface area (Å²) in [6.07, 6.45) is 1.53. The third-order valence-corrected chi connectivity index (χ3v) is 5.17. The minimum atomic E-state index is -0.488. The molecule has 7 nitrogen and oxygen atoms in total. The first-order chi connectivity index (χ1) is 12.7. The van der Waals surface area contributed by atoms with Crippen molar-refractivity contribution in [2.24, 2.45) is 5.10 Å². The summed E-state index contributed by atoms with van der Waals surface area (Å²) in [4.78, 5) is 25.2. The van der Waals surface area contributed by atoms with Crippen molar-refractivity contribution in [1.82, 2.24) is 5.43 Å². The third-order valence-electron chi connectivity index (χ3n) is 3.90. The van der Waals surface area contributed by atoms with Gasteiger partial charge in [0.1, 0.15) is 0 Å². The van der Waals surface area contributed by atoms with Gasteiger partial charge in [-0.15, -0.1) is 11.8 Å². The molecule has 0 radical (unpaired) electrons. The molecular weight excluding hydrogens is 354 g/mol. The number of ether oxygens (including phenoxy) is 2. The van der Waals surface area contributed by atoms with Gasteiger partial charge in [-0.05, 0) is 24.3 Å². The van der Waals surface area contributed by atoms with Gasteiger partial charge in [0.05, 0.1) is 17.2 Å². The molecule has 1 atom stereocenters.